The molecule has 100 valence electrons. The minimum atomic E-state index is -0.630. The Hall–Kier alpha value is -1.92. The average molecular weight is 285 g/mol. The van der Waals surface area contributed by atoms with Gasteiger partial charge >= 0.3 is 0 Å². The van der Waals surface area contributed by atoms with Crippen molar-refractivity contribution in [3.8, 4) is 0 Å². The number of amides is 2. The second-order valence-electron chi connectivity index (χ2n) is 3.83. The summed E-state index contributed by atoms with van der Waals surface area (Å²) in [5.41, 5.74) is 0.00215. The standard InChI is InChI=1S/C12H10ClFN2O3/c13-7-1-2-9(8(14)5-7)15-10-6-11(18)16(3-4-17)12(10)19/h1-2,5-6,15,17H,3-4H2. The van der Waals surface area contributed by atoms with Gasteiger partial charge in [0.15, 0.2) is 0 Å². The van der Waals surface area contributed by atoms with E-state index in [9.17, 15) is 14.0 Å². The van der Waals surface area contributed by atoms with Crippen LogP contribution in [-0.4, -0.2) is 35.0 Å². The molecule has 2 rings (SSSR count). The molecule has 0 spiro atoms. The first-order chi connectivity index (χ1) is 9.02. The van der Waals surface area contributed by atoms with Crippen LogP contribution in [-0.2, 0) is 9.59 Å². The smallest absolute Gasteiger partial charge is 0.277 e. The zero-order valence-electron chi connectivity index (χ0n) is 9.69. The fraction of sp³-hybridized carbons (Fsp3) is 0.167. The molecular weight excluding hydrogens is 275 g/mol. The molecule has 0 saturated carbocycles. The molecule has 1 aromatic rings. The molecule has 7 heteroatoms. The van der Waals surface area contributed by atoms with E-state index in [4.69, 9.17) is 16.7 Å². The summed E-state index contributed by atoms with van der Waals surface area (Å²) < 4.78 is 13.5. The van der Waals surface area contributed by atoms with E-state index in [0.29, 0.717) is 0 Å². The molecule has 5 nitrogen and oxygen atoms in total. The highest BCUT2D eigenvalue weighted by molar-refractivity contribution is 6.30. The number of β-amino-alcohol motifs (C(OH)–C–C–N with tert-alkyl or cyclic N) is 1. The van der Waals surface area contributed by atoms with Gasteiger partial charge in [-0.15, -0.1) is 0 Å². The second kappa shape index (κ2) is 5.38. The summed E-state index contributed by atoms with van der Waals surface area (Å²) >= 11 is 5.61. The van der Waals surface area contributed by atoms with Crippen LogP contribution in [0.4, 0.5) is 10.1 Å². The third-order valence-electron chi connectivity index (χ3n) is 2.53. The lowest BCUT2D eigenvalue weighted by Gasteiger charge is -2.13. The molecule has 19 heavy (non-hydrogen) atoms. The van der Waals surface area contributed by atoms with Gasteiger partial charge in [-0.3, -0.25) is 14.5 Å². The first-order valence-corrected chi connectivity index (χ1v) is 5.81. The third kappa shape index (κ3) is 2.74. The summed E-state index contributed by atoms with van der Waals surface area (Å²) in [7, 11) is 0. The number of hydrogen-bond acceptors (Lipinski definition) is 4. The monoisotopic (exact) mass is 284 g/mol. The average Bonchev–Trinajstić information content (AvgIpc) is 2.61. The third-order valence-corrected chi connectivity index (χ3v) is 2.77. The van der Waals surface area contributed by atoms with E-state index in [1.54, 1.807) is 0 Å². The zero-order chi connectivity index (χ0) is 14.0. The molecule has 1 aliphatic heterocycles. The van der Waals surface area contributed by atoms with Crippen molar-refractivity contribution < 1.29 is 19.1 Å². The molecule has 1 aromatic carbocycles. The lowest BCUT2D eigenvalue weighted by atomic mass is 10.3. The minimum absolute atomic E-state index is 0.0420. The van der Waals surface area contributed by atoms with E-state index in [1.807, 2.05) is 0 Å². The first-order valence-electron chi connectivity index (χ1n) is 5.43. The topological polar surface area (TPSA) is 69.6 Å². The second-order valence-corrected chi connectivity index (χ2v) is 4.26. The quantitative estimate of drug-likeness (QED) is 0.814. The highest BCUT2D eigenvalue weighted by Gasteiger charge is 2.30. The normalized spacial score (nSPS) is 14.9. The number of anilines is 1. The van der Waals surface area contributed by atoms with Gasteiger partial charge in [-0.25, -0.2) is 4.39 Å². The first kappa shape index (κ1) is 13.5. The van der Waals surface area contributed by atoms with Crippen LogP contribution in [0.5, 0.6) is 0 Å². The minimum Gasteiger partial charge on any atom is -0.395 e. The number of aliphatic hydroxyl groups is 1. The number of carbonyl (C=O) groups is 2. The Balaban J connectivity index is 2.18. The molecule has 0 aliphatic carbocycles. The number of halogens is 2. The number of imide groups is 1. The van der Waals surface area contributed by atoms with Gasteiger partial charge in [-0.2, -0.15) is 0 Å². The van der Waals surface area contributed by atoms with Gasteiger partial charge in [0.2, 0.25) is 0 Å². The van der Waals surface area contributed by atoms with Crippen molar-refractivity contribution in [3.05, 3.63) is 40.8 Å². The van der Waals surface area contributed by atoms with Gasteiger partial charge < -0.3 is 10.4 Å². The van der Waals surface area contributed by atoms with Crippen molar-refractivity contribution in [3.63, 3.8) is 0 Å². The van der Waals surface area contributed by atoms with Crippen molar-refractivity contribution in [1.82, 2.24) is 4.90 Å². The number of aliphatic hydroxyl groups excluding tert-OH is 1. The molecule has 1 heterocycles. The fourth-order valence-electron chi connectivity index (χ4n) is 1.65. The molecule has 0 radical (unpaired) electrons. The molecule has 0 saturated heterocycles. The Kier molecular flexibility index (Phi) is 3.82. The van der Waals surface area contributed by atoms with Crippen molar-refractivity contribution in [2.45, 2.75) is 0 Å². The lowest BCUT2D eigenvalue weighted by Crippen LogP contribution is -2.34. The fourth-order valence-corrected chi connectivity index (χ4v) is 1.80. The predicted octanol–water partition coefficient (Wildman–Crippen LogP) is 1.14. The van der Waals surface area contributed by atoms with Crippen molar-refractivity contribution in [2.75, 3.05) is 18.5 Å². The van der Waals surface area contributed by atoms with E-state index >= 15 is 0 Å². The van der Waals surface area contributed by atoms with Crippen molar-refractivity contribution in [2.24, 2.45) is 0 Å². The van der Waals surface area contributed by atoms with Crippen LogP contribution in [0, 0.1) is 5.82 Å². The van der Waals surface area contributed by atoms with Crippen LogP contribution >= 0.6 is 11.6 Å². The molecule has 0 fully saturated rings. The highest BCUT2D eigenvalue weighted by atomic mass is 35.5. The van der Waals surface area contributed by atoms with E-state index in [0.717, 1.165) is 17.0 Å². The maximum atomic E-state index is 13.5. The van der Waals surface area contributed by atoms with Gasteiger partial charge in [-0.05, 0) is 18.2 Å². The molecule has 0 bridgehead atoms. The van der Waals surface area contributed by atoms with Crippen LogP contribution in [0.15, 0.2) is 30.0 Å². The van der Waals surface area contributed by atoms with Crippen LogP contribution in [0.1, 0.15) is 0 Å². The van der Waals surface area contributed by atoms with Crippen LogP contribution in [0.2, 0.25) is 5.02 Å². The van der Waals surface area contributed by atoms with E-state index < -0.39 is 17.6 Å². The van der Waals surface area contributed by atoms with Crippen molar-refractivity contribution >= 4 is 29.1 Å². The van der Waals surface area contributed by atoms with Gasteiger partial charge in [0, 0.05) is 11.1 Å². The number of nitrogens with zero attached hydrogens (tertiary/aromatic N) is 1. The molecule has 1 aliphatic rings. The SMILES string of the molecule is O=C1C=C(Nc2ccc(Cl)cc2F)C(=O)N1CCO. The number of rotatable bonds is 4. The largest absolute Gasteiger partial charge is 0.395 e. The molecule has 2 amide bonds. The summed E-state index contributed by atoms with van der Waals surface area (Å²) in [6.45, 7) is -0.420. The maximum absolute atomic E-state index is 13.5. The Morgan fingerprint density at radius 1 is 1.37 bits per heavy atom. The number of benzene rings is 1. The Morgan fingerprint density at radius 2 is 2.11 bits per heavy atom. The summed E-state index contributed by atoms with van der Waals surface area (Å²) in [5, 5.41) is 11.5. The van der Waals surface area contributed by atoms with E-state index in [1.165, 1.54) is 12.1 Å². The van der Waals surface area contributed by atoms with E-state index in [-0.39, 0.29) is 29.6 Å². The number of carbonyl (C=O) groups excluding carboxylic acids is 2. The zero-order valence-corrected chi connectivity index (χ0v) is 10.4. The Morgan fingerprint density at radius 3 is 2.74 bits per heavy atom. The number of nitrogens with one attached hydrogen (secondary N) is 1. The van der Waals surface area contributed by atoms with E-state index in [2.05, 4.69) is 5.32 Å². The molecular formula is C12H10ClFN2O3. The number of hydrogen-bond donors (Lipinski definition) is 2. The van der Waals surface area contributed by atoms with Gasteiger partial charge in [0.1, 0.15) is 11.5 Å². The summed E-state index contributed by atoms with van der Waals surface area (Å²) in [6, 6.07) is 3.92. The summed E-state index contributed by atoms with van der Waals surface area (Å²) in [6.07, 6.45) is 1.06. The van der Waals surface area contributed by atoms with Crippen molar-refractivity contribution in [1.29, 1.82) is 0 Å². The van der Waals surface area contributed by atoms with Gasteiger partial charge in [-0.1, -0.05) is 11.6 Å². The Bertz CT molecular complexity index is 574. The van der Waals surface area contributed by atoms with Crippen LogP contribution in [0.25, 0.3) is 0 Å². The maximum Gasteiger partial charge on any atom is 0.277 e. The Labute approximate surface area is 113 Å². The molecule has 2 N–H and O–H groups in total. The van der Waals surface area contributed by atoms with Crippen LogP contribution in [0.3, 0.4) is 0 Å². The predicted molar refractivity (Wildman–Crippen MR) is 66.9 cm³/mol. The highest BCUT2D eigenvalue weighted by Crippen LogP contribution is 2.22. The molecule has 0 unspecified atom stereocenters. The molecule has 0 aromatic heterocycles. The lowest BCUT2D eigenvalue weighted by molar-refractivity contribution is -0.137. The molecule has 0 atom stereocenters. The summed E-state index contributed by atoms with van der Waals surface area (Å²) in [4.78, 5) is 24.2. The summed E-state index contributed by atoms with van der Waals surface area (Å²) in [5.74, 6) is -1.78. The van der Waals surface area contributed by atoms with Crippen LogP contribution < -0.4 is 5.32 Å². The van der Waals surface area contributed by atoms with Gasteiger partial charge in [0.25, 0.3) is 11.8 Å². The van der Waals surface area contributed by atoms with Gasteiger partial charge in [0.05, 0.1) is 18.8 Å².